The smallest absolute Gasteiger partial charge is 0.329 e. The quantitative estimate of drug-likeness (QED) is 0.670. The van der Waals surface area contributed by atoms with Gasteiger partial charge in [-0.1, -0.05) is 0 Å². The lowest BCUT2D eigenvalue weighted by Gasteiger charge is -2.09. The molecule has 0 unspecified atom stereocenters. The molecule has 2 heterocycles. The van der Waals surface area contributed by atoms with Crippen molar-refractivity contribution in [2.45, 2.75) is 6.18 Å². The van der Waals surface area contributed by atoms with Crippen molar-refractivity contribution in [2.75, 3.05) is 5.32 Å². The first-order valence-electron chi connectivity index (χ1n) is 4.47. The van der Waals surface area contributed by atoms with Crippen molar-refractivity contribution < 1.29 is 17.6 Å². The number of hydrogen-bond acceptors (Lipinski definition) is 4. The highest BCUT2D eigenvalue weighted by Gasteiger charge is 2.34. The molecule has 9 heteroatoms. The fraction of sp³-hybridized carbons (Fsp3) is 0.111. The van der Waals surface area contributed by atoms with Gasteiger partial charge in [-0.2, -0.15) is 18.2 Å². The molecule has 0 aromatic carbocycles. The van der Waals surface area contributed by atoms with Crippen LogP contribution in [0.4, 0.5) is 28.4 Å². The molecule has 0 aliphatic heterocycles. The summed E-state index contributed by atoms with van der Waals surface area (Å²) in [5.41, 5.74) is -0.887. The van der Waals surface area contributed by atoms with Crippen LogP contribution in [0.25, 0.3) is 0 Å². The Morgan fingerprint density at radius 2 is 2.06 bits per heavy atom. The number of aromatic nitrogens is 2. The molecule has 1 N–H and O–H groups in total. The highest BCUT2D eigenvalue weighted by Crippen LogP contribution is 2.39. The molecule has 0 spiro atoms. The zero-order valence-corrected chi connectivity index (χ0v) is 10.00. The summed E-state index contributed by atoms with van der Waals surface area (Å²) in [5.74, 6) is -1.29. The van der Waals surface area contributed by atoms with E-state index < -0.39 is 23.4 Å². The molecule has 2 aromatic rings. The van der Waals surface area contributed by atoms with Gasteiger partial charge in [0.25, 0.3) is 0 Å². The molecule has 96 valence electrons. The van der Waals surface area contributed by atoms with Crippen LogP contribution >= 0.6 is 22.9 Å². The van der Waals surface area contributed by atoms with E-state index in [1.54, 1.807) is 0 Å². The molecular formula is C9H4ClF4N3S. The largest absolute Gasteiger partial charge is 0.419 e. The van der Waals surface area contributed by atoms with Gasteiger partial charge in [-0.05, 0) is 23.0 Å². The lowest BCUT2D eigenvalue weighted by atomic mass is 10.3. The van der Waals surface area contributed by atoms with Crippen molar-refractivity contribution in [3.63, 3.8) is 0 Å². The minimum absolute atomic E-state index is 0.254. The third-order valence-electron chi connectivity index (χ3n) is 1.92. The molecule has 0 radical (unpaired) electrons. The van der Waals surface area contributed by atoms with E-state index in [4.69, 9.17) is 11.6 Å². The fourth-order valence-corrected chi connectivity index (χ4v) is 2.11. The van der Waals surface area contributed by atoms with Gasteiger partial charge in [-0.25, -0.2) is 9.37 Å². The van der Waals surface area contributed by atoms with Gasteiger partial charge in [0.2, 0.25) is 5.28 Å². The number of anilines is 2. The molecule has 0 amide bonds. The van der Waals surface area contributed by atoms with Crippen LogP contribution in [-0.2, 0) is 6.18 Å². The third-order valence-corrected chi connectivity index (χ3v) is 2.93. The van der Waals surface area contributed by atoms with Crippen molar-refractivity contribution in [2.24, 2.45) is 0 Å². The number of halogens is 5. The van der Waals surface area contributed by atoms with Crippen molar-refractivity contribution in [3.8, 4) is 0 Å². The molecular weight excluding hydrogens is 294 g/mol. The minimum Gasteiger partial charge on any atom is -0.329 e. The molecule has 0 aliphatic rings. The Labute approximate surface area is 107 Å². The van der Waals surface area contributed by atoms with Crippen LogP contribution in [0.15, 0.2) is 17.6 Å². The zero-order valence-electron chi connectivity index (χ0n) is 8.42. The molecule has 0 atom stereocenters. The van der Waals surface area contributed by atoms with E-state index in [0.717, 1.165) is 23.6 Å². The normalized spacial score (nSPS) is 11.6. The zero-order chi connectivity index (χ0) is 13.3. The molecule has 0 saturated heterocycles. The summed E-state index contributed by atoms with van der Waals surface area (Å²) >= 11 is 6.22. The van der Waals surface area contributed by atoms with Crippen LogP contribution in [-0.4, -0.2) is 9.97 Å². The number of rotatable bonds is 2. The van der Waals surface area contributed by atoms with Crippen LogP contribution < -0.4 is 5.32 Å². The predicted octanol–water partition coefficient (Wildman–Crippen LogP) is 4.09. The molecule has 3 nitrogen and oxygen atoms in total. The number of hydrogen-bond donors (Lipinski definition) is 1. The Morgan fingerprint density at radius 3 is 2.72 bits per heavy atom. The summed E-state index contributed by atoms with van der Waals surface area (Å²) in [6, 6.07) is 0.897. The number of nitrogens with zero attached hydrogens (tertiary/aromatic N) is 2. The van der Waals surface area contributed by atoms with Gasteiger partial charge in [0, 0.05) is 0 Å². The Kier molecular flexibility index (Phi) is 3.40. The van der Waals surface area contributed by atoms with Gasteiger partial charge in [0.15, 0.2) is 11.6 Å². The van der Waals surface area contributed by atoms with Gasteiger partial charge < -0.3 is 5.32 Å². The molecule has 0 fully saturated rings. The highest BCUT2D eigenvalue weighted by molar-refractivity contribution is 7.14. The Morgan fingerprint density at radius 1 is 1.33 bits per heavy atom. The summed E-state index contributed by atoms with van der Waals surface area (Å²) in [6.07, 6.45) is -3.74. The van der Waals surface area contributed by atoms with Crippen LogP contribution in [0.3, 0.4) is 0 Å². The topological polar surface area (TPSA) is 37.8 Å². The highest BCUT2D eigenvalue weighted by atomic mass is 35.5. The van der Waals surface area contributed by atoms with Crippen LogP contribution in [0.5, 0.6) is 0 Å². The van der Waals surface area contributed by atoms with Crippen molar-refractivity contribution in [1.29, 1.82) is 0 Å². The maximum atomic E-state index is 13.3. The first-order chi connectivity index (χ1) is 8.38. The van der Waals surface area contributed by atoms with E-state index in [9.17, 15) is 17.6 Å². The second-order valence-electron chi connectivity index (χ2n) is 3.12. The minimum atomic E-state index is -4.52. The first-order valence-corrected chi connectivity index (χ1v) is 5.73. The summed E-state index contributed by atoms with van der Waals surface area (Å²) < 4.78 is 51.0. The Hall–Kier alpha value is -1.41. The lowest BCUT2D eigenvalue weighted by Crippen LogP contribution is -2.07. The number of alkyl halides is 3. The van der Waals surface area contributed by atoms with Crippen LogP contribution in [0.1, 0.15) is 5.56 Å². The van der Waals surface area contributed by atoms with Crippen LogP contribution in [0, 0.1) is 5.82 Å². The third kappa shape index (κ3) is 2.70. The molecule has 18 heavy (non-hydrogen) atoms. The van der Waals surface area contributed by atoms with Crippen molar-refractivity contribution in [3.05, 3.63) is 34.3 Å². The van der Waals surface area contributed by atoms with Gasteiger partial charge in [-0.3, -0.25) is 0 Å². The predicted molar refractivity (Wildman–Crippen MR) is 59.6 cm³/mol. The molecule has 2 rings (SSSR count). The van der Waals surface area contributed by atoms with Crippen molar-refractivity contribution >= 4 is 33.8 Å². The summed E-state index contributed by atoms with van der Waals surface area (Å²) in [4.78, 5) is 6.84. The van der Waals surface area contributed by atoms with E-state index >= 15 is 0 Å². The SMILES string of the molecule is Fc1cnc(Cl)nc1Nc1sccc1C(F)(F)F. The molecule has 0 saturated carbocycles. The average molecular weight is 298 g/mol. The van der Waals surface area contributed by atoms with Crippen LogP contribution in [0.2, 0.25) is 5.28 Å². The monoisotopic (exact) mass is 297 g/mol. The van der Waals surface area contributed by atoms with Crippen molar-refractivity contribution in [1.82, 2.24) is 9.97 Å². The standard InChI is InChI=1S/C9H4ClF4N3S/c10-8-15-3-5(11)6(17-8)16-7-4(1-2-18-7)9(12,13)14/h1-3H,(H,15,16,17). The van der Waals surface area contributed by atoms with Gasteiger partial charge >= 0.3 is 6.18 Å². The fourth-order valence-electron chi connectivity index (χ4n) is 1.17. The number of thiophene rings is 1. The average Bonchev–Trinajstić information content (AvgIpc) is 2.71. The lowest BCUT2D eigenvalue weighted by molar-refractivity contribution is -0.136. The van der Waals surface area contributed by atoms with E-state index in [0.29, 0.717) is 0 Å². The summed E-state index contributed by atoms with van der Waals surface area (Å²) in [7, 11) is 0. The maximum absolute atomic E-state index is 13.3. The Bertz CT molecular complexity index is 569. The summed E-state index contributed by atoms with van der Waals surface area (Å²) in [5, 5.41) is 2.98. The second-order valence-corrected chi connectivity index (χ2v) is 4.38. The van der Waals surface area contributed by atoms with Gasteiger partial charge in [0.1, 0.15) is 5.00 Å². The van der Waals surface area contributed by atoms with E-state index in [-0.39, 0.29) is 10.3 Å². The Balaban J connectivity index is 2.35. The van der Waals surface area contributed by atoms with Gasteiger partial charge in [0.05, 0.1) is 11.8 Å². The molecule has 2 aromatic heterocycles. The van der Waals surface area contributed by atoms with E-state index in [2.05, 4.69) is 15.3 Å². The number of nitrogens with one attached hydrogen (secondary N) is 1. The molecule has 0 aliphatic carbocycles. The van der Waals surface area contributed by atoms with Gasteiger partial charge in [-0.15, -0.1) is 11.3 Å². The maximum Gasteiger partial charge on any atom is 0.419 e. The van der Waals surface area contributed by atoms with E-state index in [1.807, 2.05) is 0 Å². The first kappa shape index (κ1) is 13.0. The second kappa shape index (κ2) is 4.69. The van der Waals surface area contributed by atoms with E-state index in [1.165, 1.54) is 5.38 Å². The molecule has 0 bridgehead atoms. The summed E-state index contributed by atoms with van der Waals surface area (Å²) in [6.45, 7) is 0.